The number of carbonyl (C=O) groups excluding carboxylic acids is 2. The summed E-state index contributed by atoms with van der Waals surface area (Å²) >= 11 is 5.75. The Labute approximate surface area is 150 Å². The zero-order valence-corrected chi connectivity index (χ0v) is 14.6. The second kappa shape index (κ2) is 8.77. The fourth-order valence-corrected chi connectivity index (χ4v) is 2.91. The maximum atomic E-state index is 12.2. The molecule has 0 atom stereocenters. The molecule has 2 rings (SSSR count). The molecule has 0 aliphatic carbocycles. The van der Waals surface area contributed by atoms with E-state index in [2.05, 4.69) is 5.32 Å². The van der Waals surface area contributed by atoms with Gasteiger partial charge >= 0.3 is 5.97 Å². The number of likely N-dealkylation sites (tertiary alicyclic amines) is 1. The number of anilines is 1. The number of hydrogen-bond acceptors (Lipinski definition) is 6. The van der Waals surface area contributed by atoms with Gasteiger partial charge in [-0.15, -0.1) is 0 Å². The molecule has 1 aromatic rings. The molecule has 136 valence electrons. The smallest absolute Gasteiger partial charge is 0.309 e. The summed E-state index contributed by atoms with van der Waals surface area (Å²) in [5.74, 6) is -0.667. The molecular weight excluding hydrogens is 350 g/mol. The van der Waals surface area contributed by atoms with E-state index in [0.29, 0.717) is 32.5 Å². The number of amides is 1. The molecule has 1 aliphatic rings. The maximum Gasteiger partial charge on any atom is 0.309 e. The number of halogens is 1. The predicted octanol–water partition coefficient (Wildman–Crippen LogP) is 2.46. The van der Waals surface area contributed by atoms with Gasteiger partial charge in [0.2, 0.25) is 5.91 Å². The lowest BCUT2D eigenvalue weighted by Gasteiger charge is -2.30. The molecule has 0 aromatic heterocycles. The highest BCUT2D eigenvalue weighted by Crippen LogP contribution is 2.27. The van der Waals surface area contributed by atoms with E-state index in [1.54, 1.807) is 6.92 Å². The zero-order valence-electron chi connectivity index (χ0n) is 13.9. The highest BCUT2D eigenvalue weighted by Gasteiger charge is 2.27. The molecule has 1 heterocycles. The van der Waals surface area contributed by atoms with Crippen LogP contribution in [0.15, 0.2) is 18.2 Å². The number of nitrogens with zero attached hydrogens (tertiary/aromatic N) is 2. The van der Waals surface area contributed by atoms with Crippen LogP contribution in [0.5, 0.6) is 0 Å². The first-order valence-electron chi connectivity index (χ1n) is 8.03. The molecule has 1 amide bonds. The molecule has 0 saturated carbocycles. The van der Waals surface area contributed by atoms with Gasteiger partial charge in [0.25, 0.3) is 5.69 Å². The normalized spacial score (nSPS) is 15.6. The quantitative estimate of drug-likeness (QED) is 0.469. The molecule has 1 aliphatic heterocycles. The molecule has 8 nitrogen and oxygen atoms in total. The Morgan fingerprint density at radius 3 is 2.68 bits per heavy atom. The highest BCUT2D eigenvalue weighted by atomic mass is 35.5. The molecule has 9 heteroatoms. The van der Waals surface area contributed by atoms with Crippen LogP contribution in [0.25, 0.3) is 0 Å². The molecule has 25 heavy (non-hydrogen) atoms. The first kappa shape index (κ1) is 19.1. The first-order valence-corrected chi connectivity index (χ1v) is 8.41. The van der Waals surface area contributed by atoms with Crippen molar-refractivity contribution >= 4 is 34.9 Å². The molecule has 1 N–H and O–H groups in total. The number of nitrogens with one attached hydrogen (secondary N) is 1. The van der Waals surface area contributed by atoms with E-state index in [1.807, 2.05) is 4.90 Å². The second-order valence-electron chi connectivity index (χ2n) is 5.77. The summed E-state index contributed by atoms with van der Waals surface area (Å²) in [5.41, 5.74) is -0.136. The van der Waals surface area contributed by atoms with Crippen LogP contribution in [0, 0.1) is 16.0 Å². The van der Waals surface area contributed by atoms with Crippen LogP contribution in [0.3, 0.4) is 0 Å². The Morgan fingerprint density at radius 2 is 2.08 bits per heavy atom. The minimum atomic E-state index is -0.591. The third-order valence-corrected chi connectivity index (χ3v) is 4.24. The number of piperidine rings is 1. The number of benzene rings is 1. The van der Waals surface area contributed by atoms with Gasteiger partial charge < -0.3 is 10.1 Å². The van der Waals surface area contributed by atoms with Gasteiger partial charge in [0.05, 0.1) is 24.0 Å². The topological polar surface area (TPSA) is 102 Å². The van der Waals surface area contributed by atoms with Crippen LogP contribution in [0.2, 0.25) is 5.02 Å². The van der Waals surface area contributed by atoms with Gasteiger partial charge in [0.1, 0.15) is 5.69 Å². The minimum absolute atomic E-state index is 0.106. The van der Waals surface area contributed by atoms with Crippen LogP contribution in [-0.4, -0.2) is 47.9 Å². The predicted molar refractivity (Wildman–Crippen MR) is 92.5 cm³/mol. The van der Waals surface area contributed by atoms with Crippen molar-refractivity contribution in [2.45, 2.75) is 19.8 Å². The van der Waals surface area contributed by atoms with Crippen molar-refractivity contribution in [1.29, 1.82) is 0 Å². The van der Waals surface area contributed by atoms with Crippen molar-refractivity contribution < 1.29 is 19.2 Å². The Morgan fingerprint density at radius 1 is 1.40 bits per heavy atom. The van der Waals surface area contributed by atoms with Crippen LogP contribution in [0.1, 0.15) is 19.8 Å². The van der Waals surface area contributed by atoms with Gasteiger partial charge in [-0.2, -0.15) is 0 Å². The second-order valence-corrected chi connectivity index (χ2v) is 6.21. The number of carbonyl (C=O) groups is 2. The zero-order chi connectivity index (χ0) is 18.4. The maximum absolute atomic E-state index is 12.2. The average molecular weight is 370 g/mol. The lowest BCUT2D eigenvalue weighted by molar-refractivity contribution is -0.383. The lowest BCUT2D eigenvalue weighted by Crippen LogP contribution is -2.41. The van der Waals surface area contributed by atoms with Crippen LogP contribution >= 0.6 is 11.6 Å². The van der Waals surface area contributed by atoms with Crippen LogP contribution in [-0.2, 0) is 14.3 Å². The van der Waals surface area contributed by atoms with Gasteiger partial charge in [-0.05, 0) is 45.0 Å². The third kappa shape index (κ3) is 5.40. The molecule has 0 spiro atoms. The van der Waals surface area contributed by atoms with Crippen molar-refractivity contribution in [3.05, 3.63) is 33.3 Å². The van der Waals surface area contributed by atoms with E-state index in [4.69, 9.17) is 16.3 Å². The van der Waals surface area contributed by atoms with Crippen molar-refractivity contribution in [2.75, 3.05) is 31.6 Å². The van der Waals surface area contributed by atoms with Crippen molar-refractivity contribution in [3.63, 3.8) is 0 Å². The SMILES string of the molecule is CCOC(=O)C1CCN(CC(=O)Nc2ccc(Cl)cc2[N+](=O)[O-])CC1. The number of ether oxygens (including phenoxy) is 1. The summed E-state index contributed by atoms with van der Waals surface area (Å²) in [7, 11) is 0. The molecule has 1 aromatic carbocycles. The minimum Gasteiger partial charge on any atom is -0.466 e. The summed E-state index contributed by atoms with van der Waals surface area (Å²) in [5, 5.41) is 13.8. The molecule has 0 bridgehead atoms. The Balaban J connectivity index is 1.88. The monoisotopic (exact) mass is 369 g/mol. The standard InChI is InChI=1S/C16H20ClN3O5/c1-2-25-16(22)11-5-7-19(8-6-11)10-15(21)18-13-4-3-12(17)9-14(13)20(23)24/h3-4,9,11H,2,5-8,10H2,1H3,(H,18,21). The fraction of sp³-hybridized carbons (Fsp3) is 0.500. The molecule has 1 fully saturated rings. The van der Waals surface area contributed by atoms with E-state index in [9.17, 15) is 19.7 Å². The fourth-order valence-electron chi connectivity index (χ4n) is 2.74. The van der Waals surface area contributed by atoms with Gasteiger partial charge in [0, 0.05) is 11.1 Å². The van der Waals surface area contributed by atoms with Crippen LogP contribution in [0.4, 0.5) is 11.4 Å². The molecule has 0 unspecified atom stereocenters. The van der Waals surface area contributed by atoms with E-state index in [1.165, 1.54) is 18.2 Å². The van der Waals surface area contributed by atoms with Gasteiger partial charge in [-0.25, -0.2) is 0 Å². The Hall–Kier alpha value is -2.19. The first-order chi connectivity index (χ1) is 11.9. The van der Waals surface area contributed by atoms with Crippen LogP contribution < -0.4 is 5.32 Å². The van der Waals surface area contributed by atoms with E-state index < -0.39 is 4.92 Å². The van der Waals surface area contributed by atoms with Gasteiger partial charge in [-0.1, -0.05) is 11.6 Å². The highest BCUT2D eigenvalue weighted by molar-refractivity contribution is 6.31. The summed E-state index contributed by atoms with van der Waals surface area (Å²) in [6.07, 6.45) is 1.26. The molecule has 1 saturated heterocycles. The van der Waals surface area contributed by atoms with Crippen molar-refractivity contribution in [2.24, 2.45) is 5.92 Å². The summed E-state index contributed by atoms with van der Waals surface area (Å²) in [6, 6.07) is 4.09. The Kier molecular flexibility index (Phi) is 6.72. The molecular formula is C16H20ClN3O5. The lowest BCUT2D eigenvalue weighted by atomic mass is 9.97. The number of nitro groups is 1. The Bertz CT molecular complexity index is 659. The summed E-state index contributed by atoms with van der Waals surface area (Å²) < 4.78 is 5.01. The number of rotatable bonds is 6. The largest absolute Gasteiger partial charge is 0.466 e. The van der Waals surface area contributed by atoms with E-state index >= 15 is 0 Å². The van der Waals surface area contributed by atoms with Gasteiger partial charge in [0.15, 0.2) is 0 Å². The third-order valence-electron chi connectivity index (χ3n) is 4.01. The van der Waals surface area contributed by atoms with Gasteiger partial charge in [-0.3, -0.25) is 24.6 Å². The van der Waals surface area contributed by atoms with E-state index in [0.717, 1.165) is 0 Å². The van der Waals surface area contributed by atoms with E-state index in [-0.39, 0.29) is 40.7 Å². The molecule has 0 radical (unpaired) electrons. The number of esters is 1. The van der Waals surface area contributed by atoms with Crippen molar-refractivity contribution in [1.82, 2.24) is 4.90 Å². The number of nitro benzene ring substituents is 1. The number of hydrogen-bond donors (Lipinski definition) is 1. The van der Waals surface area contributed by atoms with Crippen molar-refractivity contribution in [3.8, 4) is 0 Å². The average Bonchev–Trinajstić information content (AvgIpc) is 2.57. The summed E-state index contributed by atoms with van der Waals surface area (Å²) in [6.45, 7) is 3.43. The summed E-state index contributed by atoms with van der Waals surface area (Å²) in [4.78, 5) is 36.2.